The zero-order valence-electron chi connectivity index (χ0n) is 10.0. The summed E-state index contributed by atoms with van der Waals surface area (Å²) < 4.78 is 5.51. The molecule has 0 saturated heterocycles. The van der Waals surface area contributed by atoms with Crippen molar-refractivity contribution in [2.75, 3.05) is 13.2 Å². The number of rotatable bonds is 9. The highest BCUT2D eigenvalue weighted by molar-refractivity contribution is 5.13. The van der Waals surface area contributed by atoms with Crippen molar-refractivity contribution in [2.45, 2.75) is 32.3 Å². The summed E-state index contributed by atoms with van der Waals surface area (Å²) in [5.74, 6) is 0. The van der Waals surface area contributed by atoms with Crippen LogP contribution in [0.4, 0.5) is 0 Å². The summed E-state index contributed by atoms with van der Waals surface area (Å²) >= 11 is 0. The van der Waals surface area contributed by atoms with Crippen molar-refractivity contribution in [3.8, 4) is 0 Å². The molecule has 4 nitrogen and oxygen atoms in total. The van der Waals surface area contributed by atoms with E-state index in [2.05, 4.69) is 0 Å². The number of nitrogens with zero attached hydrogens (tertiary/aromatic N) is 1. The number of hydrogen-bond donors (Lipinski definition) is 0. The Morgan fingerprint density at radius 3 is 2.47 bits per heavy atom. The van der Waals surface area contributed by atoms with E-state index in [9.17, 15) is 10.1 Å². The van der Waals surface area contributed by atoms with Crippen molar-refractivity contribution >= 4 is 0 Å². The predicted octanol–water partition coefficient (Wildman–Crippen LogP) is 3.04. The first-order valence-corrected chi connectivity index (χ1v) is 6.02. The molecule has 0 spiro atoms. The molecular formula is C13H19NO3. The van der Waals surface area contributed by atoms with Gasteiger partial charge in [0, 0.05) is 18.0 Å². The highest BCUT2D eigenvalue weighted by atomic mass is 16.6. The van der Waals surface area contributed by atoms with Crippen molar-refractivity contribution in [1.82, 2.24) is 0 Å². The van der Waals surface area contributed by atoms with Crippen molar-refractivity contribution in [3.05, 3.63) is 46.0 Å². The molecule has 1 aromatic rings. The molecule has 0 aliphatic heterocycles. The molecule has 0 atom stereocenters. The molecule has 17 heavy (non-hydrogen) atoms. The van der Waals surface area contributed by atoms with E-state index in [1.165, 1.54) is 5.56 Å². The van der Waals surface area contributed by atoms with E-state index >= 15 is 0 Å². The van der Waals surface area contributed by atoms with Gasteiger partial charge in [0.05, 0.1) is 6.61 Å². The minimum Gasteiger partial charge on any atom is -0.377 e. The quantitative estimate of drug-likeness (QED) is 0.377. The van der Waals surface area contributed by atoms with Gasteiger partial charge in [0.1, 0.15) is 0 Å². The Labute approximate surface area is 102 Å². The van der Waals surface area contributed by atoms with E-state index in [-0.39, 0.29) is 11.5 Å². The molecule has 0 heterocycles. The summed E-state index contributed by atoms with van der Waals surface area (Å²) in [7, 11) is 0. The molecule has 0 saturated carbocycles. The number of nitro groups is 1. The van der Waals surface area contributed by atoms with Gasteiger partial charge in [0.2, 0.25) is 6.54 Å². The molecule has 0 amide bonds. The van der Waals surface area contributed by atoms with E-state index in [1.54, 1.807) is 0 Å². The Hall–Kier alpha value is -1.42. The zero-order valence-corrected chi connectivity index (χ0v) is 10.0. The van der Waals surface area contributed by atoms with Crippen LogP contribution in [0, 0.1) is 10.1 Å². The number of hydrogen-bond acceptors (Lipinski definition) is 3. The first-order chi connectivity index (χ1) is 8.29. The molecule has 0 unspecified atom stereocenters. The largest absolute Gasteiger partial charge is 0.377 e. The van der Waals surface area contributed by atoms with Crippen molar-refractivity contribution in [2.24, 2.45) is 0 Å². The maximum Gasteiger partial charge on any atom is 0.203 e. The maximum absolute atomic E-state index is 10.1. The van der Waals surface area contributed by atoms with E-state index in [1.807, 2.05) is 30.3 Å². The topological polar surface area (TPSA) is 52.4 Å². The van der Waals surface area contributed by atoms with E-state index < -0.39 is 0 Å². The lowest BCUT2D eigenvalue weighted by atomic mass is 10.2. The average molecular weight is 237 g/mol. The lowest BCUT2D eigenvalue weighted by Gasteiger charge is -2.03. The van der Waals surface area contributed by atoms with Crippen molar-refractivity contribution < 1.29 is 9.66 Å². The van der Waals surface area contributed by atoms with Crippen LogP contribution in [0.3, 0.4) is 0 Å². The molecule has 0 N–H and O–H groups in total. The number of benzene rings is 1. The minimum absolute atomic E-state index is 0.0882. The molecule has 1 aromatic carbocycles. The molecule has 0 aromatic heterocycles. The first-order valence-electron chi connectivity index (χ1n) is 6.02. The van der Waals surface area contributed by atoms with E-state index in [0.29, 0.717) is 13.0 Å². The van der Waals surface area contributed by atoms with Crippen LogP contribution in [-0.4, -0.2) is 18.1 Å². The molecule has 4 heteroatoms. The Bertz CT molecular complexity index is 314. The Kier molecular flexibility index (Phi) is 6.98. The fourth-order valence-electron chi connectivity index (χ4n) is 1.56. The van der Waals surface area contributed by atoms with Gasteiger partial charge in [-0.15, -0.1) is 0 Å². The average Bonchev–Trinajstić information content (AvgIpc) is 2.33. The summed E-state index contributed by atoms with van der Waals surface area (Å²) in [6.45, 7) is 1.47. The minimum atomic E-state index is -0.258. The summed E-state index contributed by atoms with van der Waals surface area (Å²) in [5.41, 5.74) is 1.18. The lowest BCUT2D eigenvalue weighted by molar-refractivity contribution is -0.480. The lowest BCUT2D eigenvalue weighted by Crippen LogP contribution is -2.00. The molecule has 0 aliphatic carbocycles. The highest BCUT2D eigenvalue weighted by Gasteiger charge is 1.97. The Morgan fingerprint density at radius 1 is 1.06 bits per heavy atom. The SMILES string of the molecule is O=[N+]([O-])CCCCCCOCc1ccccc1. The van der Waals surface area contributed by atoms with Gasteiger partial charge in [-0.1, -0.05) is 36.8 Å². The third kappa shape index (κ3) is 7.47. The van der Waals surface area contributed by atoms with Gasteiger partial charge < -0.3 is 4.74 Å². The molecule has 0 fully saturated rings. The predicted molar refractivity (Wildman–Crippen MR) is 66.4 cm³/mol. The van der Waals surface area contributed by atoms with Crippen LogP contribution in [0.25, 0.3) is 0 Å². The monoisotopic (exact) mass is 237 g/mol. The Morgan fingerprint density at radius 2 is 1.76 bits per heavy atom. The normalized spacial score (nSPS) is 10.4. The fraction of sp³-hybridized carbons (Fsp3) is 0.538. The molecule has 1 rings (SSSR count). The second-order valence-corrected chi connectivity index (χ2v) is 4.01. The van der Waals surface area contributed by atoms with Gasteiger partial charge in [0.25, 0.3) is 0 Å². The zero-order chi connectivity index (χ0) is 12.3. The fourth-order valence-corrected chi connectivity index (χ4v) is 1.56. The first kappa shape index (κ1) is 13.6. The van der Waals surface area contributed by atoms with Crippen molar-refractivity contribution in [3.63, 3.8) is 0 Å². The van der Waals surface area contributed by atoms with Gasteiger partial charge in [-0.25, -0.2) is 0 Å². The molecule has 0 bridgehead atoms. The standard InChI is InChI=1S/C13H19NO3/c15-14(16)10-6-1-2-7-11-17-12-13-8-4-3-5-9-13/h3-5,8-9H,1-2,6-7,10-12H2. The van der Waals surface area contributed by atoms with Crippen LogP contribution in [0.2, 0.25) is 0 Å². The van der Waals surface area contributed by atoms with Crippen molar-refractivity contribution in [1.29, 1.82) is 0 Å². The van der Waals surface area contributed by atoms with Crippen LogP contribution >= 0.6 is 0 Å². The number of unbranched alkanes of at least 4 members (excludes halogenated alkanes) is 3. The smallest absolute Gasteiger partial charge is 0.203 e. The summed E-state index contributed by atoms with van der Waals surface area (Å²) in [6.07, 6.45) is 3.56. The summed E-state index contributed by atoms with van der Waals surface area (Å²) in [4.78, 5) is 9.81. The van der Waals surface area contributed by atoms with E-state index in [4.69, 9.17) is 4.74 Å². The Balaban J connectivity index is 1.90. The summed E-state index contributed by atoms with van der Waals surface area (Å²) in [5, 5.41) is 10.1. The van der Waals surface area contributed by atoms with Crippen LogP contribution in [-0.2, 0) is 11.3 Å². The summed E-state index contributed by atoms with van der Waals surface area (Å²) in [6, 6.07) is 10.1. The van der Waals surface area contributed by atoms with Gasteiger partial charge in [-0.2, -0.15) is 0 Å². The highest BCUT2D eigenvalue weighted by Crippen LogP contribution is 2.03. The molecule has 94 valence electrons. The van der Waals surface area contributed by atoms with Gasteiger partial charge in [0.15, 0.2) is 0 Å². The second kappa shape index (κ2) is 8.70. The van der Waals surface area contributed by atoms with Crippen LogP contribution < -0.4 is 0 Å². The number of ether oxygens (including phenoxy) is 1. The van der Waals surface area contributed by atoms with Gasteiger partial charge in [-0.05, 0) is 18.4 Å². The molecule has 0 aliphatic rings. The van der Waals surface area contributed by atoms with Crippen LogP contribution in [0.1, 0.15) is 31.2 Å². The molecule has 0 radical (unpaired) electrons. The second-order valence-electron chi connectivity index (χ2n) is 4.01. The van der Waals surface area contributed by atoms with Gasteiger partial charge >= 0.3 is 0 Å². The maximum atomic E-state index is 10.1. The third-order valence-electron chi connectivity index (χ3n) is 2.49. The van der Waals surface area contributed by atoms with Crippen LogP contribution in [0.15, 0.2) is 30.3 Å². The van der Waals surface area contributed by atoms with E-state index in [0.717, 1.165) is 25.9 Å². The molecular weight excluding hydrogens is 218 g/mol. The van der Waals surface area contributed by atoms with Gasteiger partial charge in [-0.3, -0.25) is 10.1 Å². The van der Waals surface area contributed by atoms with Crippen LogP contribution in [0.5, 0.6) is 0 Å². The third-order valence-corrected chi connectivity index (χ3v) is 2.49.